The van der Waals surface area contributed by atoms with Crippen LogP contribution in [0.2, 0.25) is 0 Å². The van der Waals surface area contributed by atoms with Crippen molar-refractivity contribution in [3.63, 3.8) is 0 Å². The van der Waals surface area contributed by atoms with Crippen molar-refractivity contribution in [2.24, 2.45) is 0 Å². The smallest absolute Gasteiger partial charge is 0.145 e. The van der Waals surface area contributed by atoms with Crippen molar-refractivity contribution in [1.82, 2.24) is 0 Å². The second-order valence-corrected chi connectivity index (χ2v) is 15.7. The Morgan fingerprint density at radius 2 is 0.869 bits per heavy atom. The molecule has 0 amide bonds. The fraction of sp³-hybridized carbons (Fsp3) is 0. The van der Waals surface area contributed by atoms with Gasteiger partial charge in [-0.3, -0.25) is 0 Å². The molecule has 0 saturated carbocycles. The molecule has 0 N–H and O–H groups in total. The number of para-hydroxylation sites is 1. The molecule has 12 aromatic rings. The van der Waals surface area contributed by atoms with Crippen molar-refractivity contribution in [2.75, 3.05) is 4.90 Å². The van der Waals surface area contributed by atoms with Gasteiger partial charge in [0.2, 0.25) is 0 Å². The van der Waals surface area contributed by atoms with E-state index in [1.165, 1.54) is 27.5 Å². The van der Waals surface area contributed by atoms with Crippen molar-refractivity contribution in [1.29, 1.82) is 0 Å². The number of anilines is 3. The molecule has 3 nitrogen and oxygen atoms in total. The molecule has 286 valence electrons. The van der Waals surface area contributed by atoms with Crippen molar-refractivity contribution < 1.29 is 8.83 Å². The summed E-state index contributed by atoms with van der Waals surface area (Å²) in [7, 11) is 0. The zero-order chi connectivity index (χ0) is 40.3. The van der Waals surface area contributed by atoms with Crippen LogP contribution in [0.4, 0.5) is 17.1 Å². The van der Waals surface area contributed by atoms with Crippen LogP contribution in [0.1, 0.15) is 0 Å². The van der Waals surface area contributed by atoms with E-state index in [1.807, 2.05) is 12.1 Å². The third kappa shape index (κ3) is 6.06. The van der Waals surface area contributed by atoms with Crippen LogP contribution in [0.3, 0.4) is 0 Å². The van der Waals surface area contributed by atoms with Gasteiger partial charge in [0.05, 0.1) is 11.1 Å². The molecule has 0 aliphatic heterocycles. The molecular weight excluding hydrogens is 743 g/mol. The number of benzene rings is 10. The molecule has 0 radical (unpaired) electrons. The first kappa shape index (κ1) is 34.9. The normalized spacial score (nSPS) is 11.6. The van der Waals surface area contributed by atoms with Crippen LogP contribution < -0.4 is 4.90 Å². The molecule has 0 spiro atoms. The van der Waals surface area contributed by atoms with Gasteiger partial charge >= 0.3 is 0 Å². The lowest BCUT2D eigenvalue weighted by Gasteiger charge is -2.27. The molecule has 0 saturated heterocycles. The number of hydrogen-bond acceptors (Lipinski definition) is 3. The Labute approximate surface area is 353 Å². The number of hydrogen-bond donors (Lipinski definition) is 0. The van der Waals surface area contributed by atoms with E-state index >= 15 is 0 Å². The maximum atomic E-state index is 6.76. The molecule has 0 atom stereocenters. The van der Waals surface area contributed by atoms with Gasteiger partial charge in [0.25, 0.3) is 0 Å². The summed E-state index contributed by atoms with van der Waals surface area (Å²) < 4.78 is 13.3. The third-order valence-corrected chi connectivity index (χ3v) is 12.1. The van der Waals surface area contributed by atoms with E-state index in [0.717, 1.165) is 88.8 Å². The molecule has 3 heteroatoms. The third-order valence-electron chi connectivity index (χ3n) is 12.1. The lowest BCUT2D eigenvalue weighted by molar-refractivity contribution is 0.669. The number of fused-ring (bicyclic) bond motifs is 7. The van der Waals surface area contributed by atoms with Crippen LogP contribution in [0, 0.1) is 0 Å². The summed E-state index contributed by atoms with van der Waals surface area (Å²) in [5.41, 5.74) is 15.7. The van der Waals surface area contributed by atoms with E-state index in [-0.39, 0.29) is 0 Å². The first-order valence-corrected chi connectivity index (χ1v) is 20.7. The van der Waals surface area contributed by atoms with E-state index in [0.29, 0.717) is 0 Å². The minimum Gasteiger partial charge on any atom is -0.456 e. The summed E-state index contributed by atoms with van der Waals surface area (Å²) >= 11 is 0. The molecular formula is C58H37NO2. The largest absolute Gasteiger partial charge is 0.456 e. The lowest BCUT2D eigenvalue weighted by Crippen LogP contribution is -2.10. The van der Waals surface area contributed by atoms with E-state index in [1.54, 1.807) is 0 Å². The molecule has 61 heavy (non-hydrogen) atoms. The van der Waals surface area contributed by atoms with Gasteiger partial charge in [-0.1, -0.05) is 158 Å². The fourth-order valence-electron chi connectivity index (χ4n) is 9.01. The van der Waals surface area contributed by atoms with Gasteiger partial charge in [0, 0.05) is 33.1 Å². The van der Waals surface area contributed by atoms with Crippen LogP contribution in [-0.2, 0) is 0 Å². The molecule has 10 aromatic carbocycles. The summed E-state index contributed by atoms with van der Waals surface area (Å²) in [5.74, 6) is 0. The second kappa shape index (κ2) is 14.3. The van der Waals surface area contributed by atoms with Crippen LogP contribution in [-0.4, -0.2) is 0 Å². The maximum Gasteiger partial charge on any atom is 0.145 e. The Morgan fingerprint density at radius 3 is 1.66 bits per heavy atom. The molecule has 2 heterocycles. The van der Waals surface area contributed by atoms with Gasteiger partial charge in [-0.15, -0.1) is 0 Å². The van der Waals surface area contributed by atoms with Crippen molar-refractivity contribution in [3.8, 4) is 44.5 Å². The summed E-state index contributed by atoms with van der Waals surface area (Å²) in [6.45, 7) is 0. The first-order valence-electron chi connectivity index (χ1n) is 20.7. The minimum absolute atomic E-state index is 0.852. The zero-order valence-corrected chi connectivity index (χ0v) is 33.1. The van der Waals surface area contributed by atoms with E-state index in [2.05, 4.69) is 217 Å². The highest BCUT2D eigenvalue weighted by Crippen LogP contribution is 2.47. The fourth-order valence-corrected chi connectivity index (χ4v) is 9.01. The van der Waals surface area contributed by atoms with Gasteiger partial charge in [-0.05, 0) is 116 Å². The first-order chi connectivity index (χ1) is 30.2. The Morgan fingerprint density at radius 1 is 0.295 bits per heavy atom. The standard InChI is InChI=1S/C58H37NO2/c1-3-11-38(12-4-1)46-27-31-50-52-37-48(30-34-55(52)60-56(50)36-46)59(53-33-32-49(43-14-5-2-6-15-43)58-57(53)51-17-9-10-18-54(51)61-58)47-28-25-41(26-29-47)40-19-21-42(22-20-40)45-24-23-39-13-7-8-16-44(39)35-45/h1-37H. The Balaban J connectivity index is 0.998. The highest BCUT2D eigenvalue weighted by Gasteiger charge is 2.23. The second-order valence-electron chi connectivity index (χ2n) is 15.7. The highest BCUT2D eigenvalue weighted by molar-refractivity contribution is 6.17. The van der Waals surface area contributed by atoms with Gasteiger partial charge in [0.15, 0.2) is 0 Å². The van der Waals surface area contributed by atoms with E-state index in [4.69, 9.17) is 8.83 Å². The summed E-state index contributed by atoms with van der Waals surface area (Å²) in [5, 5.41) is 6.78. The topological polar surface area (TPSA) is 29.5 Å². The maximum absolute atomic E-state index is 6.76. The molecule has 0 aliphatic rings. The summed E-state index contributed by atoms with van der Waals surface area (Å²) in [4.78, 5) is 2.36. The number of nitrogens with zero attached hydrogens (tertiary/aromatic N) is 1. The van der Waals surface area contributed by atoms with Crippen molar-refractivity contribution >= 4 is 71.7 Å². The molecule has 12 rings (SSSR count). The quantitative estimate of drug-likeness (QED) is 0.161. The van der Waals surface area contributed by atoms with Gasteiger partial charge in [0.1, 0.15) is 22.3 Å². The average molecular weight is 780 g/mol. The van der Waals surface area contributed by atoms with E-state index in [9.17, 15) is 0 Å². The Kier molecular flexibility index (Phi) is 8.17. The van der Waals surface area contributed by atoms with Gasteiger partial charge in [-0.2, -0.15) is 0 Å². The van der Waals surface area contributed by atoms with Gasteiger partial charge < -0.3 is 13.7 Å². The zero-order valence-electron chi connectivity index (χ0n) is 33.1. The van der Waals surface area contributed by atoms with Crippen LogP contribution in [0.15, 0.2) is 233 Å². The number of furan rings is 2. The van der Waals surface area contributed by atoms with Crippen molar-refractivity contribution in [3.05, 3.63) is 224 Å². The molecule has 2 aromatic heterocycles. The van der Waals surface area contributed by atoms with Crippen LogP contribution in [0.25, 0.3) is 99.2 Å². The lowest BCUT2D eigenvalue weighted by atomic mass is 9.98. The predicted octanol–water partition coefficient (Wildman–Crippen LogP) is 16.8. The van der Waals surface area contributed by atoms with Gasteiger partial charge in [-0.25, -0.2) is 0 Å². The van der Waals surface area contributed by atoms with E-state index < -0.39 is 0 Å². The molecule has 0 aliphatic carbocycles. The minimum atomic E-state index is 0.852. The monoisotopic (exact) mass is 779 g/mol. The summed E-state index contributed by atoms with van der Waals surface area (Å²) in [6.07, 6.45) is 0. The van der Waals surface area contributed by atoms with Crippen LogP contribution >= 0.6 is 0 Å². The average Bonchev–Trinajstić information content (AvgIpc) is 3.91. The molecule has 0 bridgehead atoms. The van der Waals surface area contributed by atoms with Crippen molar-refractivity contribution in [2.45, 2.75) is 0 Å². The number of rotatable bonds is 7. The Bertz CT molecular complexity index is 3560. The molecule has 0 fully saturated rings. The Hall–Kier alpha value is -8.14. The predicted molar refractivity (Wildman–Crippen MR) is 255 cm³/mol. The van der Waals surface area contributed by atoms with Crippen LogP contribution in [0.5, 0.6) is 0 Å². The molecule has 0 unspecified atom stereocenters. The summed E-state index contributed by atoms with van der Waals surface area (Å²) in [6, 6.07) is 79.8. The SMILES string of the molecule is c1ccc(-c2ccc3c(c2)oc2ccc(N(c4ccc(-c5ccc(-c6ccc7ccccc7c6)cc5)cc4)c4ccc(-c5ccccc5)c5oc6ccccc6c45)cc23)cc1. The highest BCUT2D eigenvalue weighted by atomic mass is 16.3.